The van der Waals surface area contributed by atoms with Gasteiger partial charge >= 0.3 is 0 Å². The number of rotatable bonds is 9. The maximum Gasteiger partial charge on any atom is 0.0362 e. The average Bonchev–Trinajstić information content (AvgIpc) is 2.89. The molecule has 0 saturated heterocycles. The lowest BCUT2D eigenvalue weighted by atomic mass is 9.74. The van der Waals surface area contributed by atoms with Gasteiger partial charge in [-0.3, -0.25) is 4.90 Å². The lowest BCUT2D eigenvalue weighted by molar-refractivity contribution is 0.0466. The standard InChI is InChI=1S/C18H36N2/c1-4-14-19-17(15-16-10-9-11-16)18(12-7-8-13-18)20(5-2)6-3/h16-17,19H,4-15H2,1-3H3. The number of likely N-dealkylation sites (N-methyl/N-ethyl adjacent to an activating group) is 1. The molecule has 2 saturated carbocycles. The molecule has 0 bridgehead atoms. The summed E-state index contributed by atoms with van der Waals surface area (Å²) in [5.74, 6) is 1.01. The molecule has 0 heterocycles. The summed E-state index contributed by atoms with van der Waals surface area (Å²) in [6, 6.07) is 0.732. The van der Waals surface area contributed by atoms with Crippen molar-refractivity contribution in [2.75, 3.05) is 19.6 Å². The minimum atomic E-state index is 0.467. The van der Waals surface area contributed by atoms with Crippen LogP contribution in [-0.2, 0) is 0 Å². The van der Waals surface area contributed by atoms with Crippen LogP contribution in [0.15, 0.2) is 0 Å². The Hall–Kier alpha value is -0.0800. The van der Waals surface area contributed by atoms with Crippen LogP contribution in [0.4, 0.5) is 0 Å². The maximum atomic E-state index is 3.96. The summed E-state index contributed by atoms with van der Waals surface area (Å²) in [6.45, 7) is 10.6. The normalized spacial score (nSPS) is 24.0. The van der Waals surface area contributed by atoms with Crippen LogP contribution in [0.1, 0.15) is 78.6 Å². The molecule has 1 atom stereocenters. The molecule has 0 radical (unpaired) electrons. The monoisotopic (exact) mass is 280 g/mol. The molecule has 2 rings (SSSR count). The maximum absolute atomic E-state index is 3.96. The summed E-state index contributed by atoms with van der Waals surface area (Å²) in [6.07, 6.45) is 12.8. The molecule has 20 heavy (non-hydrogen) atoms. The Morgan fingerprint density at radius 2 is 1.70 bits per heavy atom. The lowest BCUT2D eigenvalue weighted by Gasteiger charge is -2.48. The van der Waals surface area contributed by atoms with Gasteiger partial charge in [-0.15, -0.1) is 0 Å². The zero-order valence-electron chi connectivity index (χ0n) is 14.1. The second-order valence-electron chi connectivity index (χ2n) is 7.02. The Kier molecular flexibility index (Phi) is 6.35. The van der Waals surface area contributed by atoms with Gasteiger partial charge < -0.3 is 5.32 Å². The Labute approximate surface area is 126 Å². The van der Waals surface area contributed by atoms with E-state index in [1.807, 2.05) is 0 Å². The molecule has 2 aliphatic carbocycles. The van der Waals surface area contributed by atoms with E-state index in [1.165, 1.54) is 77.4 Å². The number of hydrogen-bond donors (Lipinski definition) is 1. The molecular formula is C18H36N2. The van der Waals surface area contributed by atoms with E-state index < -0.39 is 0 Å². The highest BCUT2D eigenvalue weighted by Gasteiger charge is 2.45. The smallest absolute Gasteiger partial charge is 0.0362 e. The number of nitrogens with zero attached hydrogens (tertiary/aromatic N) is 1. The van der Waals surface area contributed by atoms with Gasteiger partial charge in [0, 0.05) is 11.6 Å². The van der Waals surface area contributed by atoms with Crippen molar-refractivity contribution in [3.05, 3.63) is 0 Å². The lowest BCUT2D eigenvalue weighted by Crippen LogP contribution is -2.60. The van der Waals surface area contributed by atoms with Gasteiger partial charge in [-0.1, -0.05) is 52.9 Å². The van der Waals surface area contributed by atoms with Gasteiger partial charge in [-0.2, -0.15) is 0 Å². The van der Waals surface area contributed by atoms with E-state index in [0.29, 0.717) is 5.54 Å². The SMILES string of the molecule is CCCNC(CC1CCC1)C1(N(CC)CC)CCCC1. The molecule has 118 valence electrons. The van der Waals surface area contributed by atoms with Crippen LogP contribution in [0.2, 0.25) is 0 Å². The fourth-order valence-corrected chi connectivity index (χ4v) is 4.60. The van der Waals surface area contributed by atoms with Crippen molar-refractivity contribution in [2.45, 2.75) is 90.1 Å². The first kappa shape index (κ1) is 16.3. The van der Waals surface area contributed by atoms with Gasteiger partial charge in [0.1, 0.15) is 0 Å². The third-order valence-corrected chi connectivity index (χ3v) is 5.95. The van der Waals surface area contributed by atoms with E-state index in [4.69, 9.17) is 0 Å². The Morgan fingerprint density at radius 3 is 2.15 bits per heavy atom. The molecule has 0 aliphatic heterocycles. The van der Waals surface area contributed by atoms with Crippen molar-refractivity contribution in [1.82, 2.24) is 10.2 Å². The van der Waals surface area contributed by atoms with Crippen LogP contribution in [0.5, 0.6) is 0 Å². The average molecular weight is 280 g/mol. The van der Waals surface area contributed by atoms with Crippen molar-refractivity contribution < 1.29 is 0 Å². The highest BCUT2D eigenvalue weighted by Crippen LogP contribution is 2.42. The molecule has 1 N–H and O–H groups in total. The van der Waals surface area contributed by atoms with Crippen LogP contribution in [-0.4, -0.2) is 36.1 Å². The highest BCUT2D eigenvalue weighted by atomic mass is 15.2. The largest absolute Gasteiger partial charge is 0.312 e. The Balaban J connectivity index is 2.11. The van der Waals surface area contributed by atoms with Gasteiger partial charge in [0.25, 0.3) is 0 Å². The van der Waals surface area contributed by atoms with E-state index in [9.17, 15) is 0 Å². The van der Waals surface area contributed by atoms with Crippen LogP contribution >= 0.6 is 0 Å². The van der Waals surface area contributed by atoms with Gasteiger partial charge in [0.15, 0.2) is 0 Å². The Morgan fingerprint density at radius 1 is 1.05 bits per heavy atom. The van der Waals surface area contributed by atoms with Gasteiger partial charge in [0.2, 0.25) is 0 Å². The van der Waals surface area contributed by atoms with Crippen molar-refractivity contribution in [3.8, 4) is 0 Å². The zero-order valence-corrected chi connectivity index (χ0v) is 14.1. The van der Waals surface area contributed by atoms with Crippen LogP contribution in [0.3, 0.4) is 0 Å². The molecule has 2 fully saturated rings. The van der Waals surface area contributed by atoms with Gasteiger partial charge in [-0.05, 0) is 51.2 Å². The summed E-state index contributed by atoms with van der Waals surface area (Å²) in [5, 5.41) is 3.96. The van der Waals surface area contributed by atoms with Crippen LogP contribution in [0.25, 0.3) is 0 Å². The third-order valence-electron chi connectivity index (χ3n) is 5.95. The second kappa shape index (κ2) is 7.79. The summed E-state index contributed by atoms with van der Waals surface area (Å²) >= 11 is 0. The third kappa shape index (κ3) is 3.39. The Bertz CT molecular complexity index is 263. The van der Waals surface area contributed by atoms with Crippen molar-refractivity contribution in [3.63, 3.8) is 0 Å². The minimum absolute atomic E-state index is 0.467. The van der Waals surface area contributed by atoms with Crippen molar-refractivity contribution in [1.29, 1.82) is 0 Å². The predicted molar refractivity (Wildman–Crippen MR) is 88.2 cm³/mol. The molecule has 0 spiro atoms. The highest BCUT2D eigenvalue weighted by molar-refractivity contribution is 5.04. The zero-order chi connectivity index (χ0) is 14.4. The number of nitrogens with one attached hydrogen (secondary N) is 1. The van der Waals surface area contributed by atoms with E-state index in [1.54, 1.807) is 0 Å². The minimum Gasteiger partial charge on any atom is -0.312 e. The summed E-state index contributed by atoms with van der Waals surface area (Å²) in [5.41, 5.74) is 0.467. The van der Waals surface area contributed by atoms with E-state index >= 15 is 0 Å². The first-order valence-corrected chi connectivity index (χ1v) is 9.25. The quantitative estimate of drug-likeness (QED) is 0.681. The van der Waals surface area contributed by atoms with Crippen molar-refractivity contribution >= 4 is 0 Å². The summed E-state index contributed by atoms with van der Waals surface area (Å²) in [4.78, 5) is 2.78. The molecule has 1 unspecified atom stereocenters. The second-order valence-corrected chi connectivity index (χ2v) is 7.02. The molecule has 0 aromatic heterocycles. The first-order chi connectivity index (χ1) is 9.76. The van der Waals surface area contributed by atoms with Gasteiger partial charge in [0.05, 0.1) is 0 Å². The van der Waals surface area contributed by atoms with Crippen molar-refractivity contribution in [2.24, 2.45) is 5.92 Å². The molecule has 0 aromatic rings. The van der Waals surface area contributed by atoms with E-state index in [-0.39, 0.29) is 0 Å². The first-order valence-electron chi connectivity index (χ1n) is 9.25. The summed E-state index contributed by atoms with van der Waals surface area (Å²) in [7, 11) is 0. The van der Waals surface area contributed by atoms with Crippen LogP contribution in [0, 0.1) is 5.92 Å². The topological polar surface area (TPSA) is 15.3 Å². The number of hydrogen-bond acceptors (Lipinski definition) is 2. The molecule has 0 amide bonds. The fraction of sp³-hybridized carbons (Fsp3) is 1.00. The summed E-state index contributed by atoms with van der Waals surface area (Å²) < 4.78 is 0. The molecule has 2 nitrogen and oxygen atoms in total. The predicted octanol–water partition coefficient (Wildman–Crippen LogP) is 4.20. The molecule has 2 heteroatoms. The molecule has 0 aromatic carbocycles. The van der Waals surface area contributed by atoms with Gasteiger partial charge in [-0.25, -0.2) is 0 Å². The van der Waals surface area contributed by atoms with E-state index in [0.717, 1.165) is 12.0 Å². The fourth-order valence-electron chi connectivity index (χ4n) is 4.60. The van der Waals surface area contributed by atoms with Crippen LogP contribution < -0.4 is 5.32 Å². The van der Waals surface area contributed by atoms with E-state index in [2.05, 4.69) is 31.0 Å². The molecule has 2 aliphatic rings. The molecular weight excluding hydrogens is 244 g/mol.